The maximum atomic E-state index is 12.4. The van der Waals surface area contributed by atoms with E-state index in [1.54, 1.807) is 29.0 Å². The minimum atomic E-state index is -0.284. The molecule has 1 aromatic carbocycles. The smallest absolute Gasteiger partial charge is 0.261 e. The lowest BCUT2D eigenvalue weighted by Crippen LogP contribution is -2.44. The van der Waals surface area contributed by atoms with Crippen LogP contribution in [0.1, 0.15) is 26.8 Å². The van der Waals surface area contributed by atoms with Gasteiger partial charge in [-0.25, -0.2) is 4.68 Å². The number of piperazine rings is 1. The fourth-order valence-electron chi connectivity index (χ4n) is 4.08. The molecule has 1 atom stereocenters. The number of ketones is 1. The van der Waals surface area contributed by atoms with Gasteiger partial charge in [0.25, 0.3) is 5.91 Å². The second kappa shape index (κ2) is 9.92. The molecule has 2 aromatic heterocycles. The molecule has 0 saturated carbocycles. The van der Waals surface area contributed by atoms with E-state index in [1.807, 2.05) is 30.5 Å². The Labute approximate surface area is 205 Å². The summed E-state index contributed by atoms with van der Waals surface area (Å²) >= 11 is 7.15. The van der Waals surface area contributed by atoms with Gasteiger partial charge in [0.2, 0.25) is 0 Å². The zero-order valence-electron chi connectivity index (χ0n) is 18.3. The van der Waals surface area contributed by atoms with E-state index in [2.05, 4.69) is 31.9 Å². The lowest BCUT2D eigenvalue weighted by Gasteiger charge is -2.31. The molecule has 1 aliphatic heterocycles. The highest BCUT2D eigenvalue weighted by atomic mass is 35.5. The molecule has 8 nitrogen and oxygen atoms in total. The van der Waals surface area contributed by atoms with Crippen LogP contribution in [0.4, 0.5) is 5.69 Å². The molecule has 2 aliphatic rings. The second-order valence-electron chi connectivity index (χ2n) is 8.05. The van der Waals surface area contributed by atoms with E-state index in [1.165, 1.54) is 11.3 Å². The summed E-state index contributed by atoms with van der Waals surface area (Å²) in [4.78, 5) is 27.6. The van der Waals surface area contributed by atoms with Crippen LogP contribution >= 0.6 is 22.9 Å². The minimum Gasteiger partial charge on any atom is -0.367 e. The van der Waals surface area contributed by atoms with Gasteiger partial charge in [-0.3, -0.25) is 9.59 Å². The number of anilines is 1. The molecule has 2 N–H and O–H groups in total. The van der Waals surface area contributed by atoms with Crippen molar-refractivity contribution in [3.63, 3.8) is 0 Å². The molecule has 1 unspecified atom stereocenters. The summed E-state index contributed by atoms with van der Waals surface area (Å²) in [6.07, 6.45) is 9.04. The molecule has 1 saturated heterocycles. The number of nitrogens with zero attached hydrogens (tertiary/aromatic N) is 4. The first-order valence-electron chi connectivity index (χ1n) is 11.0. The highest BCUT2D eigenvalue weighted by molar-refractivity contribution is 7.17. The van der Waals surface area contributed by atoms with Crippen molar-refractivity contribution in [1.29, 1.82) is 0 Å². The van der Waals surface area contributed by atoms with Crippen LogP contribution in [0, 0.1) is 0 Å². The van der Waals surface area contributed by atoms with E-state index in [9.17, 15) is 9.59 Å². The van der Waals surface area contributed by atoms with Crippen LogP contribution < -0.4 is 15.5 Å². The van der Waals surface area contributed by atoms with E-state index in [0.717, 1.165) is 43.1 Å². The fraction of sp³-hybridized carbons (Fsp3) is 0.250. The molecule has 0 bridgehead atoms. The number of halogens is 1. The van der Waals surface area contributed by atoms with Gasteiger partial charge in [0.05, 0.1) is 39.2 Å². The molecular weight excluding hydrogens is 472 g/mol. The van der Waals surface area contributed by atoms with Crippen LogP contribution in [-0.2, 0) is 11.3 Å². The van der Waals surface area contributed by atoms with Crippen LogP contribution in [0.5, 0.6) is 0 Å². The minimum absolute atomic E-state index is 0.0762. The van der Waals surface area contributed by atoms with Crippen molar-refractivity contribution in [2.45, 2.75) is 12.5 Å². The molecule has 0 spiro atoms. The normalized spacial score (nSPS) is 17.9. The molecule has 3 aromatic rings. The predicted octanol–water partition coefficient (Wildman–Crippen LogP) is 3.10. The van der Waals surface area contributed by atoms with E-state index in [4.69, 9.17) is 11.6 Å². The van der Waals surface area contributed by atoms with E-state index in [-0.39, 0.29) is 24.2 Å². The topological polar surface area (TPSA) is 92.2 Å². The number of nitrogens with one attached hydrogen (secondary N) is 2. The molecule has 5 rings (SSSR count). The standard InChI is InChI=1S/C24H23ClN6O2S/c25-23-8-7-22(34-23)24(33)27-14-17-15-31(29-28-17)19-6-5-16(18-3-1-2-4-21(18)32)13-20(19)30-11-9-26-10-12-30/h1-8,13,15,18,26H,9-12,14H2,(H,27,33). The third-order valence-corrected chi connectivity index (χ3v) is 7.04. The quantitative estimate of drug-likeness (QED) is 0.547. The van der Waals surface area contributed by atoms with E-state index in [0.29, 0.717) is 14.9 Å². The third kappa shape index (κ3) is 4.82. The molecule has 0 radical (unpaired) electrons. The largest absolute Gasteiger partial charge is 0.367 e. The SMILES string of the molecule is O=C(NCc1cn(-c2ccc(C3C=CC=CC3=O)cc2N2CCNCC2)nn1)c1ccc(Cl)s1. The van der Waals surface area contributed by atoms with Gasteiger partial charge in [-0.05, 0) is 35.9 Å². The summed E-state index contributed by atoms with van der Waals surface area (Å²) in [7, 11) is 0. The van der Waals surface area contributed by atoms with Gasteiger partial charge in [-0.2, -0.15) is 0 Å². The number of thiophene rings is 1. The summed E-state index contributed by atoms with van der Waals surface area (Å²) in [5, 5.41) is 14.8. The molecule has 174 valence electrons. The van der Waals surface area contributed by atoms with Crippen molar-refractivity contribution in [3.8, 4) is 5.69 Å². The Bertz CT molecular complexity index is 1270. The highest BCUT2D eigenvalue weighted by Gasteiger charge is 2.22. The maximum Gasteiger partial charge on any atom is 0.261 e. The van der Waals surface area contributed by atoms with Crippen molar-refractivity contribution in [2.24, 2.45) is 0 Å². The van der Waals surface area contributed by atoms with Crippen LogP contribution in [0.2, 0.25) is 4.34 Å². The first-order valence-corrected chi connectivity index (χ1v) is 12.2. The number of carbonyl (C=O) groups excluding carboxylic acids is 2. The molecule has 10 heteroatoms. The Balaban J connectivity index is 1.39. The van der Waals surface area contributed by atoms with Crippen molar-refractivity contribution >= 4 is 40.3 Å². The van der Waals surface area contributed by atoms with Gasteiger partial charge in [-0.15, -0.1) is 16.4 Å². The van der Waals surface area contributed by atoms with Gasteiger partial charge in [-0.1, -0.05) is 41.1 Å². The molecule has 3 heterocycles. The van der Waals surface area contributed by atoms with Gasteiger partial charge in [0.1, 0.15) is 5.69 Å². The van der Waals surface area contributed by atoms with Gasteiger partial charge in [0.15, 0.2) is 5.78 Å². The molecule has 34 heavy (non-hydrogen) atoms. The number of carbonyl (C=O) groups is 2. The summed E-state index contributed by atoms with van der Waals surface area (Å²) in [6, 6.07) is 9.43. The number of rotatable bonds is 6. The Morgan fingerprint density at radius 1 is 1.18 bits per heavy atom. The van der Waals surface area contributed by atoms with Gasteiger partial charge in [0, 0.05) is 26.2 Å². The average molecular weight is 495 g/mol. The van der Waals surface area contributed by atoms with E-state index >= 15 is 0 Å². The first-order chi connectivity index (χ1) is 16.6. The van der Waals surface area contributed by atoms with Crippen molar-refractivity contribution < 1.29 is 9.59 Å². The molecule has 1 amide bonds. The van der Waals surface area contributed by atoms with Crippen LogP contribution in [0.25, 0.3) is 5.69 Å². The number of amides is 1. The van der Waals surface area contributed by atoms with Crippen molar-refractivity contribution in [3.05, 3.63) is 81.3 Å². The van der Waals surface area contributed by atoms with Gasteiger partial charge < -0.3 is 15.5 Å². The summed E-state index contributed by atoms with van der Waals surface area (Å²) in [6.45, 7) is 3.73. The highest BCUT2D eigenvalue weighted by Crippen LogP contribution is 2.31. The molecular formula is C24H23ClN6O2S. The molecule has 1 fully saturated rings. The van der Waals surface area contributed by atoms with Crippen LogP contribution in [0.15, 0.2) is 60.8 Å². The summed E-state index contributed by atoms with van der Waals surface area (Å²) < 4.78 is 2.30. The number of hydrogen-bond donors (Lipinski definition) is 2. The van der Waals surface area contributed by atoms with Crippen molar-refractivity contribution in [2.75, 3.05) is 31.1 Å². The fourth-order valence-corrected chi connectivity index (χ4v) is 5.04. The summed E-state index contributed by atoms with van der Waals surface area (Å²) in [5.74, 6) is -0.406. The predicted molar refractivity (Wildman–Crippen MR) is 133 cm³/mol. The van der Waals surface area contributed by atoms with E-state index < -0.39 is 0 Å². The Morgan fingerprint density at radius 2 is 2.03 bits per heavy atom. The summed E-state index contributed by atoms with van der Waals surface area (Å²) in [5.41, 5.74) is 3.47. The Kier molecular flexibility index (Phi) is 6.57. The zero-order valence-corrected chi connectivity index (χ0v) is 19.9. The maximum absolute atomic E-state index is 12.4. The zero-order chi connectivity index (χ0) is 23.5. The number of benzene rings is 1. The molecule has 1 aliphatic carbocycles. The lowest BCUT2D eigenvalue weighted by molar-refractivity contribution is -0.115. The van der Waals surface area contributed by atoms with Gasteiger partial charge >= 0.3 is 0 Å². The Hall–Kier alpha value is -3.27. The number of allylic oxidation sites excluding steroid dienone is 4. The van der Waals surface area contributed by atoms with Crippen LogP contribution in [-0.4, -0.2) is 52.9 Å². The van der Waals surface area contributed by atoms with Crippen molar-refractivity contribution in [1.82, 2.24) is 25.6 Å². The lowest BCUT2D eigenvalue weighted by atomic mass is 9.90. The monoisotopic (exact) mass is 494 g/mol. The number of aromatic nitrogens is 3. The Morgan fingerprint density at radius 3 is 2.79 bits per heavy atom. The van der Waals surface area contributed by atoms with Crippen LogP contribution in [0.3, 0.4) is 0 Å². The average Bonchev–Trinajstić information content (AvgIpc) is 3.52. The first kappa shape index (κ1) is 22.5. The third-order valence-electron chi connectivity index (χ3n) is 5.81. The second-order valence-corrected chi connectivity index (χ2v) is 9.77. The number of hydrogen-bond acceptors (Lipinski definition) is 7.